The van der Waals surface area contributed by atoms with Crippen molar-refractivity contribution in [1.29, 1.82) is 0 Å². The van der Waals surface area contributed by atoms with Crippen molar-refractivity contribution in [3.63, 3.8) is 0 Å². The molecule has 2 N–H and O–H groups in total. The minimum Gasteiger partial charge on any atom is -0.481 e. The first-order valence-electron chi connectivity index (χ1n) is 3.65. The van der Waals surface area contributed by atoms with Crippen molar-refractivity contribution in [3.8, 4) is 0 Å². The van der Waals surface area contributed by atoms with Gasteiger partial charge in [0.05, 0.1) is 0 Å². The molecule has 1 rings (SSSR count). The zero-order valence-corrected chi connectivity index (χ0v) is 7.04. The monoisotopic (exact) mass is 171 g/mol. The maximum absolute atomic E-state index is 10.5. The Bertz CT molecular complexity index is 185. The summed E-state index contributed by atoms with van der Waals surface area (Å²) in [6.07, 6.45) is 2.45. The molecule has 1 saturated heterocycles. The van der Waals surface area contributed by atoms with E-state index in [1.165, 1.54) is 0 Å². The van der Waals surface area contributed by atoms with E-state index in [1.54, 1.807) is 0 Å². The van der Waals surface area contributed by atoms with Gasteiger partial charge in [0.15, 0.2) is 0 Å². The van der Waals surface area contributed by atoms with E-state index in [1.807, 2.05) is 6.08 Å². The number of aliphatic carboxylic acids is 1. The van der Waals surface area contributed by atoms with Gasteiger partial charge in [0, 0.05) is 25.8 Å². The number of carboxylic acids is 1. The summed E-state index contributed by atoms with van der Waals surface area (Å²) in [4.78, 5) is 19.5. The molecule has 0 aliphatic carbocycles. The highest BCUT2D eigenvalue weighted by atomic mass is 16.4. The second-order valence-corrected chi connectivity index (χ2v) is 2.52. The lowest BCUT2D eigenvalue weighted by atomic mass is 10.1. The molecule has 1 aliphatic heterocycles. The maximum atomic E-state index is 10.5. The maximum Gasteiger partial charge on any atom is 0.300 e. The Labute approximate surface area is 71.3 Å². The molecule has 4 heteroatoms. The summed E-state index contributed by atoms with van der Waals surface area (Å²) in [5.74, 6) is -0.308. The Morgan fingerprint density at radius 1 is 1.83 bits per heavy atom. The SMILES string of the molecule is C=CC1CNC(=O)C1.CC(=O)O. The van der Waals surface area contributed by atoms with Crippen molar-refractivity contribution < 1.29 is 14.7 Å². The highest BCUT2D eigenvalue weighted by Crippen LogP contribution is 2.07. The van der Waals surface area contributed by atoms with Crippen LogP contribution in [0.1, 0.15) is 13.3 Å². The first kappa shape index (κ1) is 10.7. The summed E-state index contributed by atoms with van der Waals surface area (Å²) in [5.41, 5.74) is 0. The Morgan fingerprint density at radius 2 is 2.33 bits per heavy atom. The summed E-state index contributed by atoms with van der Waals surface area (Å²) in [6, 6.07) is 0. The van der Waals surface area contributed by atoms with Gasteiger partial charge in [0.25, 0.3) is 5.97 Å². The van der Waals surface area contributed by atoms with Crippen molar-refractivity contribution in [1.82, 2.24) is 5.32 Å². The number of hydrogen-bond donors (Lipinski definition) is 2. The predicted molar refractivity (Wildman–Crippen MR) is 44.6 cm³/mol. The number of hydrogen-bond acceptors (Lipinski definition) is 2. The Kier molecular flexibility index (Phi) is 4.76. The van der Waals surface area contributed by atoms with Crippen LogP contribution in [0.15, 0.2) is 12.7 Å². The third-order valence-corrected chi connectivity index (χ3v) is 1.34. The van der Waals surface area contributed by atoms with Crippen molar-refractivity contribution in [2.75, 3.05) is 6.54 Å². The zero-order chi connectivity index (χ0) is 9.56. The van der Waals surface area contributed by atoms with Gasteiger partial charge < -0.3 is 10.4 Å². The molecule has 1 heterocycles. The van der Waals surface area contributed by atoms with E-state index >= 15 is 0 Å². The second-order valence-electron chi connectivity index (χ2n) is 2.52. The largest absolute Gasteiger partial charge is 0.481 e. The summed E-state index contributed by atoms with van der Waals surface area (Å²) in [6.45, 7) is 5.45. The van der Waals surface area contributed by atoms with Gasteiger partial charge in [0.1, 0.15) is 0 Å². The normalized spacial score (nSPS) is 20.4. The van der Waals surface area contributed by atoms with E-state index in [0.29, 0.717) is 12.3 Å². The molecule has 68 valence electrons. The smallest absolute Gasteiger partial charge is 0.300 e. The van der Waals surface area contributed by atoms with Gasteiger partial charge in [-0.3, -0.25) is 9.59 Å². The molecular weight excluding hydrogens is 158 g/mol. The molecule has 0 aromatic carbocycles. The van der Waals surface area contributed by atoms with Crippen LogP contribution in [0.5, 0.6) is 0 Å². The minimum atomic E-state index is -0.833. The van der Waals surface area contributed by atoms with E-state index in [4.69, 9.17) is 9.90 Å². The van der Waals surface area contributed by atoms with Crippen molar-refractivity contribution in [2.24, 2.45) is 5.92 Å². The average molecular weight is 171 g/mol. The highest BCUT2D eigenvalue weighted by Gasteiger charge is 2.17. The fourth-order valence-electron chi connectivity index (χ4n) is 0.794. The standard InChI is InChI=1S/C6H9NO.C2H4O2/c1-2-5-3-6(8)7-4-5;1-2(3)4/h2,5H,1,3-4H2,(H,7,8);1H3,(H,3,4). The minimum absolute atomic E-state index is 0.148. The molecule has 0 aromatic rings. The van der Waals surface area contributed by atoms with E-state index < -0.39 is 5.97 Å². The van der Waals surface area contributed by atoms with Crippen LogP contribution >= 0.6 is 0 Å². The number of rotatable bonds is 1. The lowest BCUT2D eigenvalue weighted by Crippen LogP contribution is -2.13. The Hall–Kier alpha value is -1.32. The first-order chi connectivity index (χ1) is 5.56. The molecule has 1 unspecified atom stereocenters. The molecule has 1 aliphatic rings. The average Bonchev–Trinajstić information content (AvgIpc) is 2.34. The summed E-state index contributed by atoms with van der Waals surface area (Å²) in [5, 5.41) is 10.1. The molecule has 12 heavy (non-hydrogen) atoms. The number of amides is 1. The van der Waals surface area contributed by atoms with E-state index in [2.05, 4.69) is 11.9 Å². The molecule has 0 aromatic heterocycles. The molecule has 4 nitrogen and oxygen atoms in total. The third kappa shape index (κ3) is 5.46. The predicted octanol–water partition coefficient (Wildman–Crippen LogP) is 0.399. The lowest BCUT2D eigenvalue weighted by Gasteiger charge is -1.92. The van der Waals surface area contributed by atoms with Crippen LogP contribution in [0.3, 0.4) is 0 Å². The molecular formula is C8H13NO3. The Balaban J connectivity index is 0.000000261. The van der Waals surface area contributed by atoms with Crippen LogP contribution in [0, 0.1) is 5.92 Å². The number of nitrogens with one attached hydrogen (secondary N) is 1. The number of carbonyl (C=O) groups is 2. The van der Waals surface area contributed by atoms with Gasteiger partial charge in [-0.2, -0.15) is 0 Å². The van der Waals surface area contributed by atoms with Gasteiger partial charge in [-0.05, 0) is 0 Å². The fraction of sp³-hybridized carbons (Fsp3) is 0.500. The summed E-state index contributed by atoms with van der Waals surface area (Å²) < 4.78 is 0. The molecule has 1 atom stereocenters. The first-order valence-corrected chi connectivity index (χ1v) is 3.65. The molecule has 0 radical (unpaired) electrons. The third-order valence-electron chi connectivity index (χ3n) is 1.34. The van der Waals surface area contributed by atoms with Crippen LogP contribution < -0.4 is 5.32 Å². The van der Waals surface area contributed by atoms with E-state index in [0.717, 1.165) is 13.5 Å². The van der Waals surface area contributed by atoms with Crippen LogP contribution in [-0.4, -0.2) is 23.5 Å². The van der Waals surface area contributed by atoms with Gasteiger partial charge in [-0.1, -0.05) is 6.08 Å². The van der Waals surface area contributed by atoms with Crippen molar-refractivity contribution in [2.45, 2.75) is 13.3 Å². The van der Waals surface area contributed by atoms with Crippen LogP contribution in [0.4, 0.5) is 0 Å². The fourth-order valence-corrected chi connectivity index (χ4v) is 0.794. The van der Waals surface area contributed by atoms with Gasteiger partial charge in [-0.15, -0.1) is 6.58 Å². The van der Waals surface area contributed by atoms with Crippen LogP contribution in [0.25, 0.3) is 0 Å². The van der Waals surface area contributed by atoms with Crippen LogP contribution in [-0.2, 0) is 9.59 Å². The molecule has 0 spiro atoms. The van der Waals surface area contributed by atoms with Crippen LogP contribution in [0.2, 0.25) is 0 Å². The van der Waals surface area contributed by atoms with E-state index in [9.17, 15) is 4.79 Å². The Morgan fingerprint density at radius 3 is 2.50 bits per heavy atom. The lowest BCUT2D eigenvalue weighted by molar-refractivity contribution is -0.134. The second kappa shape index (κ2) is 5.35. The molecule has 0 bridgehead atoms. The van der Waals surface area contributed by atoms with E-state index in [-0.39, 0.29) is 5.91 Å². The summed E-state index contributed by atoms with van der Waals surface area (Å²) in [7, 11) is 0. The highest BCUT2D eigenvalue weighted by molar-refractivity contribution is 5.78. The topological polar surface area (TPSA) is 66.4 Å². The van der Waals surface area contributed by atoms with Crippen molar-refractivity contribution >= 4 is 11.9 Å². The molecule has 1 fully saturated rings. The van der Waals surface area contributed by atoms with Gasteiger partial charge in [0.2, 0.25) is 5.91 Å². The van der Waals surface area contributed by atoms with Gasteiger partial charge in [-0.25, -0.2) is 0 Å². The van der Waals surface area contributed by atoms with Gasteiger partial charge >= 0.3 is 0 Å². The zero-order valence-electron chi connectivity index (χ0n) is 7.04. The molecule has 0 saturated carbocycles. The summed E-state index contributed by atoms with van der Waals surface area (Å²) >= 11 is 0. The quantitative estimate of drug-likeness (QED) is 0.561. The number of carboxylic acid groups (broad SMARTS) is 1. The molecule has 1 amide bonds. The number of carbonyl (C=O) groups excluding carboxylic acids is 1. The van der Waals surface area contributed by atoms with Crippen molar-refractivity contribution in [3.05, 3.63) is 12.7 Å².